The zero-order valence-electron chi connectivity index (χ0n) is 11.6. The highest BCUT2D eigenvalue weighted by molar-refractivity contribution is 5.78. The molecule has 0 radical (unpaired) electrons. The van der Waals surface area contributed by atoms with Crippen molar-refractivity contribution >= 4 is 5.91 Å². The fraction of sp³-hybridized carbons (Fsp3) is 0.929. The molecule has 2 rings (SSSR count). The fourth-order valence-corrected chi connectivity index (χ4v) is 3.06. The minimum atomic E-state index is 0.219. The van der Waals surface area contributed by atoms with Gasteiger partial charge in [0, 0.05) is 31.7 Å². The lowest BCUT2D eigenvalue weighted by molar-refractivity contribution is -0.123. The molecule has 2 fully saturated rings. The third-order valence-corrected chi connectivity index (χ3v) is 4.04. The summed E-state index contributed by atoms with van der Waals surface area (Å²) in [6, 6.07) is 0.935. The maximum absolute atomic E-state index is 12.0. The molecule has 104 valence electrons. The molecule has 18 heavy (non-hydrogen) atoms. The van der Waals surface area contributed by atoms with E-state index in [9.17, 15) is 4.79 Å². The topological polar surface area (TPSA) is 44.4 Å². The van der Waals surface area contributed by atoms with Crippen LogP contribution in [0.15, 0.2) is 0 Å². The van der Waals surface area contributed by atoms with Gasteiger partial charge in [0.15, 0.2) is 0 Å². The van der Waals surface area contributed by atoms with Crippen LogP contribution in [0.1, 0.15) is 45.4 Å². The van der Waals surface area contributed by atoms with Gasteiger partial charge in [0.05, 0.1) is 6.54 Å². The van der Waals surface area contributed by atoms with E-state index in [1.54, 1.807) is 0 Å². The van der Waals surface area contributed by atoms with Crippen LogP contribution in [0.4, 0.5) is 0 Å². The lowest BCUT2D eigenvalue weighted by Gasteiger charge is -2.31. The summed E-state index contributed by atoms with van der Waals surface area (Å²) in [6.07, 6.45) is 7.56. The summed E-state index contributed by atoms with van der Waals surface area (Å²) >= 11 is 0. The van der Waals surface area contributed by atoms with E-state index in [1.165, 1.54) is 38.5 Å². The lowest BCUT2D eigenvalue weighted by atomic mass is 10.1. The quantitative estimate of drug-likeness (QED) is 0.741. The molecule has 4 heteroatoms. The zero-order chi connectivity index (χ0) is 12.8. The van der Waals surface area contributed by atoms with Crippen molar-refractivity contribution in [3.8, 4) is 0 Å². The highest BCUT2D eigenvalue weighted by atomic mass is 16.2. The third kappa shape index (κ3) is 4.58. The molecule has 4 nitrogen and oxygen atoms in total. The van der Waals surface area contributed by atoms with E-state index in [0.29, 0.717) is 18.6 Å². The molecule has 0 aromatic carbocycles. The number of nitrogens with zero attached hydrogens (tertiary/aromatic N) is 1. The highest BCUT2D eigenvalue weighted by Gasteiger charge is 2.20. The number of carbonyl (C=O) groups excluding carboxylic acids is 1. The van der Waals surface area contributed by atoms with E-state index in [0.717, 1.165) is 19.6 Å². The zero-order valence-corrected chi connectivity index (χ0v) is 11.6. The minimum absolute atomic E-state index is 0.219. The molecule has 1 amide bonds. The number of carbonyl (C=O) groups is 1. The molecule has 1 aliphatic heterocycles. The first-order valence-electron chi connectivity index (χ1n) is 7.49. The van der Waals surface area contributed by atoms with E-state index < -0.39 is 0 Å². The molecule has 1 saturated carbocycles. The summed E-state index contributed by atoms with van der Waals surface area (Å²) in [6.45, 7) is 5.72. The van der Waals surface area contributed by atoms with Crippen molar-refractivity contribution in [1.82, 2.24) is 15.5 Å². The average Bonchev–Trinajstić information content (AvgIpc) is 2.57. The first kappa shape index (κ1) is 13.8. The number of piperazine rings is 1. The Bertz CT molecular complexity index is 256. The van der Waals surface area contributed by atoms with Crippen molar-refractivity contribution in [2.45, 2.75) is 57.5 Å². The second kappa shape index (κ2) is 7.10. The van der Waals surface area contributed by atoms with Crippen LogP contribution in [0.5, 0.6) is 0 Å². The van der Waals surface area contributed by atoms with Crippen LogP contribution in [-0.4, -0.2) is 49.1 Å². The summed E-state index contributed by atoms with van der Waals surface area (Å²) in [4.78, 5) is 14.3. The first-order chi connectivity index (χ1) is 8.74. The second-order valence-corrected chi connectivity index (χ2v) is 5.85. The van der Waals surface area contributed by atoms with Gasteiger partial charge in [-0.15, -0.1) is 0 Å². The summed E-state index contributed by atoms with van der Waals surface area (Å²) in [5.74, 6) is 0.219. The number of nitrogens with one attached hydrogen (secondary N) is 2. The van der Waals surface area contributed by atoms with Gasteiger partial charge in [-0.25, -0.2) is 0 Å². The molecule has 0 aromatic heterocycles. The lowest BCUT2D eigenvalue weighted by Crippen LogP contribution is -2.52. The van der Waals surface area contributed by atoms with Crippen LogP contribution >= 0.6 is 0 Å². The molecule has 1 heterocycles. The highest BCUT2D eigenvalue weighted by Crippen LogP contribution is 2.17. The minimum Gasteiger partial charge on any atom is -0.352 e. The van der Waals surface area contributed by atoms with Gasteiger partial charge in [0.2, 0.25) is 5.91 Å². The Balaban J connectivity index is 1.70. The van der Waals surface area contributed by atoms with Gasteiger partial charge in [0.1, 0.15) is 0 Å². The van der Waals surface area contributed by atoms with Crippen molar-refractivity contribution in [3.63, 3.8) is 0 Å². The van der Waals surface area contributed by atoms with Crippen molar-refractivity contribution in [2.24, 2.45) is 0 Å². The molecule has 0 aromatic rings. The molecule has 1 aliphatic carbocycles. The largest absolute Gasteiger partial charge is 0.352 e. The van der Waals surface area contributed by atoms with Crippen LogP contribution in [0, 0.1) is 0 Å². The van der Waals surface area contributed by atoms with Gasteiger partial charge in [-0.05, 0) is 19.8 Å². The normalized spacial score (nSPS) is 27.7. The van der Waals surface area contributed by atoms with Crippen LogP contribution in [-0.2, 0) is 4.79 Å². The van der Waals surface area contributed by atoms with E-state index in [4.69, 9.17) is 0 Å². The summed E-state index contributed by atoms with van der Waals surface area (Å²) in [7, 11) is 0. The average molecular weight is 253 g/mol. The van der Waals surface area contributed by atoms with Crippen molar-refractivity contribution < 1.29 is 4.79 Å². The molecule has 1 atom stereocenters. The molecule has 2 N–H and O–H groups in total. The monoisotopic (exact) mass is 253 g/mol. The van der Waals surface area contributed by atoms with E-state index >= 15 is 0 Å². The number of amides is 1. The van der Waals surface area contributed by atoms with Gasteiger partial charge in [-0.2, -0.15) is 0 Å². The van der Waals surface area contributed by atoms with Gasteiger partial charge >= 0.3 is 0 Å². The smallest absolute Gasteiger partial charge is 0.234 e. The Morgan fingerprint density at radius 1 is 1.28 bits per heavy atom. The molecule has 2 aliphatic rings. The Labute approximate surface area is 110 Å². The summed E-state index contributed by atoms with van der Waals surface area (Å²) in [5.41, 5.74) is 0. The van der Waals surface area contributed by atoms with Crippen LogP contribution in [0.25, 0.3) is 0 Å². The van der Waals surface area contributed by atoms with Crippen LogP contribution in [0.3, 0.4) is 0 Å². The molecular weight excluding hydrogens is 226 g/mol. The summed E-state index contributed by atoms with van der Waals surface area (Å²) in [5, 5.41) is 6.62. The molecular formula is C14H27N3O. The van der Waals surface area contributed by atoms with Crippen LogP contribution < -0.4 is 10.6 Å². The Morgan fingerprint density at radius 3 is 2.67 bits per heavy atom. The van der Waals surface area contributed by atoms with E-state index in [2.05, 4.69) is 22.5 Å². The van der Waals surface area contributed by atoms with E-state index in [-0.39, 0.29) is 5.91 Å². The Morgan fingerprint density at radius 2 is 2.00 bits per heavy atom. The Kier molecular flexibility index (Phi) is 5.45. The third-order valence-electron chi connectivity index (χ3n) is 4.04. The van der Waals surface area contributed by atoms with E-state index in [1.807, 2.05) is 0 Å². The molecule has 0 bridgehead atoms. The standard InChI is InChI=1S/C14H27N3O/c1-12-10-17(9-8-15-12)11-14(18)16-13-6-4-2-3-5-7-13/h12-13,15H,2-11H2,1H3,(H,16,18). The predicted molar refractivity (Wildman–Crippen MR) is 73.5 cm³/mol. The van der Waals surface area contributed by atoms with Gasteiger partial charge in [-0.3, -0.25) is 9.69 Å². The molecule has 1 unspecified atom stereocenters. The van der Waals surface area contributed by atoms with Gasteiger partial charge < -0.3 is 10.6 Å². The number of hydrogen-bond donors (Lipinski definition) is 2. The van der Waals surface area contributed by atoms with Gasteiger partial charge in [-0.1, -0.05) is 25.7 Å². The fourth-order valence-electron chi connectivity index (χ4n) is 3.06. The number of rotatable bonds is 3. The maximum atomic E-state index is 12.0. The van der Waals surface area contributed by atoms with Gasteiger partial charge in [0.25, 0.3) is 0 Å². The summed E-state index contributed by atoms with van der Waals surface area (Å²) < 4.78 is 0. The van der Waals surface area contributed by atoms with Crippen molar-refractivity contribution in [2.75, 3.05) is 26.2 Å². The predicted octanol–water partition coefficient (Wildman–Crippen LogP) is 1.12. The molecule has 1 saturated heterocycles. The van der Waals surface area contributed by atoms with Crippen LogP contribution in [0.2, 0.25) is 0 Å². The SMILES string of the molecule is CC1CN(CC(=O)NC2CCCCCC2)CCN1. The Hall–Kier alpha value is -0.610. The first-order valence-corrected chi connectivity index (χ1v) is 7.49. The second-order valence-electron chi connectivity index (χ2n) is 5.85. The van der Waals surface area contributed by atoms with Crippen molar-refractivity contribution in [1.29, 1.82) is 0 Å². The molecule has 0 spiro atoms. The maximum Gasteiger partial charge on any atom is 0.234 e. The van der Waals surface area contributed by atoms with Crippen molar-refractivity contribution in [3.05, 3.63) is 0 Å². The number of hydrogen-bond acceptors (Lipinski definition) is 3.